The fourth-order valence-electron chi connectivity index (χ4n) is 1.58. The largest absolute Gasteiger partial charge is 0.357 e. The van der Waals surface area contributed by atoms with E-state index in [1.807, 2.05) is 0 Å². The summed E-state index contributed by atoms with van der Waals surface area (Å²) in [4.78, 5) is 12.2. The summed E-state index contributed by atoms with van der Waals surface area (Å²) in [7, 11) is 0. The lowest BCUT2D eigenvalue weighted by molar-refractivity contribution is 0.629. The van der Waals surface area contributed by atoms with Gasteiger partial charge in [0.1, 0.15) is 12.1 Å². The van der Waals surface area contributed by atoms with Crippen LogP contribution in [0.25, 0.3) is 10.2 Å². The van der Waals surface area contributed by atoms with Gasteiger partial charge in [-0.25, -0.2) is 19.3 Å². The van der Waals surface area contributed by atoms with Gasteiger partial charge in [-0.05, 0) is 12.1 Å². The summed E-state index contributed by atoms with van der Waals surface area (Å²) in [5.41, 5.74) is 1.65. The number of benzene rings is 1. The first-order valence-electron chi connectivity index (χ1n) is 5.35. The van der Waals surface area contributed by atoms with Crippen molar-refractivity contribution in [2.24, 2.45) is 0 Å². The van der Waals surface area contributed by atoms with Crippen LogP contribution in [0.4, 0.5) is 9.52 Å². The summed E-state index contributed by atoms with van der Waals surface area (Å²) in [5, 5.41) is 3.94. The maximum absolute atomic E-state index is 13.0. The van der Waals surface area contributed by atoms with E-state index in [0.29, 0.717) is 12.1 Å². The number of nitrogens with one attached hydrogen (secondary N) is 1. The summed E-state index contributed by atoms with van der Waals surface area (Å²) in [6.07, 6.45) is 4.98. The Balaban J connectivity index is 1.79. The van der Waals surface area contributed by atoms with E-state index in [1.54, 1.807) is 18.5 Å². The molecule has 0 bridgehead atoms. The monoisotopic (exact) mass is 260 g/mol. The Morgan fingerprint density at radius 1 is 1.22 bits per heavy atom. The van der Waals surface area contributed by atoms with Crippen LogP contribution in [0.1, 0.15) is 5.56 Å². The van der Waals surface area contributed by atoms with Crippen LogP contribution in [0.5, 0.6) is 0 Å². The molecule has 0 aliphatic rings. The van der Waals surface area contributed by atoms with E-state index in [4.69, 9.17) is 0 Å². The molecule has 4 nitrogen and oxygen atoms in total. The van der Waals surface area contributed by atoms with Crippen LogP contribution in [0.3, 0.4) is 0 Å². The third-order valence-corrected chi connectivity index (χ3v) is 3.40. The first kappa shape index (κ1) is 11.0. The number of halogens is 1. The summed E-state index contributed by atoms with van der Waals surface area (Å²) >= 11 is 1.50. The maximum Gasteiger partial charge on any atom is 0.184 e. The molecule has 0 atom stereocenters. The zero-order chi connectivity index (χ0) is 12.4. The van der Waals surface area contributed by atoms with Gasteiger partial charge in [0.05, 0.1) is 10.2 Å². The second-order valence-electron chi connectivity index (χ2n) is 3.73. The van der Waals surface area contributed by atoms with Crippen molar-refractivity contribution in [3.8, 4) is 0 Å². The topological polar surface area (TPSA) is 50.7 Å². The summed E-state index contributed by atoms with van der Waals surface area (Å²) in [6.45, 7) is 0.600. The van der Waals surface area contributed by atoms with Gasteiger partial charge in [-0.15, -0.1) is 0 Å². The van der Waals surface area contributed by atoms with Gasteiger partial charge in [0.15, 0.2) is 5.13 Å². The average molecular weight is 260 g/mol. The second-order valence-corrected chi connectivity index (χ2v) is 4.76. The lowest BCUT2D eigenvalue weighted by Crippen LogP contribution is -1.99. The summed E-state index contributed by atoms with van der Waals surface area (Å²) in [5.74, 6) is -0.268. The van der Waals surface area contributed by atoms with Gasteiger partial charge >= 0.3 is 0 Å². The highest BCUT2D eigenvalue weighted by Gasteiger charge is 2.04. The molecule has 2 aromatic heterocycles. The molecule has 0 saturated carbocycles. The molecule has 3 rings (SSSR count). The van der Waals surface area contributed by atoms with Crippen molar-refractivity contribution in [1.82, 2.24) is 15.0 Å². The minimum absolute atomic E-state index is 0.268. The predicted octanol–water partition coefficient (Wildman–Crippen LogP) is 2.84. The van der Waals surface area contributed by atoms with Gasteiger partial charge in [-0.2, -0.15) is 0 Å². The van der Waals surface area contributed by atoms with Crippen molar-refractivity contribution < 1.29 is 4.39 Å². The molecular weight excluding hydrogens is 251 g/mol. The van der Waals surface area contributed by atoms with Crippen LogP contribution in [0, 0.1) is 5.82 Å². The van der Waals surface area contributed by atoms with Crippen molar-refractivity contribution in [2.75, 3.05) is 5.32 Å². The lowest BCUT2D eigenvalue weighted by atomic mass is 10.3. The molecule has 1 N–H and O–H groups in total. The van der Waals surface area contributed by atoms with Crippen LogP contribution in [0.15, 0.2) is 36.9 Å². The number of rotatable bonds is 3. The Morgan fingerprint density at radius 2 is 2.06 bits per heavy atom. The molecule has 2 heterocycles. The average Bonchev–Trinajstić information content (AvgIpc) is 2.79. The molecule has 6 heteroatoms. The van der Waals surface area contributed by atoms with Gasteiger partial charge in [0.25, 0.3) is 0 Å². The Morgan fingerprint density at radius 3 is 2.89 bits per heavy atom. The van der Waals surface area contributed by atoms with E-state index in [9.17, 15) is 4.39 Å². The van der Waals surface area contributed by atoms with Crippen LogP contribution in [0.2, 0.25) is 0 Å². The quantitative estimate of drug-likeness (QED) is 0.786. The summed E-state index contributed by atoms with van der Waals surface area (Å²) < 4.78 is 14.0. The first-order chi connectivity index (χ1) is 8.81. The number of fused-ring (bicyclic) bond motifs is 1. The SMILES string of the molecule is Fc1ccc2sc(NCc3cncnc3)nc2c1. The lowest BCUT2D eigenvalue weighted by Gasteiger charge is -2.00. The Kier molecular flexibility index (Phi) is 2.85. The van der Waals surface area contributed by atoms with E-state index < -0.39 is 0 Å². The van der Waals surface area contributed by atoms with Crippen molar-refractivity contribution in [3.63, 3.8) is 0 Å². The minimum atomic E-state index is -0.268. The van der Waals surface area contributed by atoms with Crippen molar-refractivity contribution in [3.05, 3.63) is 48.3 Å². The van der Waals surface area contributed by atoms with Gasteiger partial charge < -0.3 is 5.32 Å². The zero-order valence-electron chi connectivity index (χ0n) is 9.30. The van der Waals surface area contributed by atoms with Gasteiger partial charge in [-0.3, -0.25) is 0 Å². The van der Waals surface area contributed by atoms with Crippen molar-refractivity contribution in [1.29, 1.82) is 0 Å². The molecule has 1 aromatic carbocycles. The highest BCUT2D eigenvalue weighted by molar-refractivity contribution is 7.22. The van der Waals surface area contributed by atoms with E-state index in [1.165, 1.54) is 29.8 Å². The van der Waals surface area contributed by atoms with Gasteiger partial charge in [-0.1, -0.05) is 11.3 Å². The van der Waals surface area contributed by atoms with Crippen molar-refractivity contribution >= 4 is 26.7 Å². The smallest absolute Gasteiger partial charge is 0.184 e. The fraction of sp³-hybridized carbons (Fsp3) is 0.0833. The normalized spacial score (nSPS) is 10.7. The number of hydrogen-bond acceptors (Lipinski definition) is 5. The number of thiazole rings is 1. The standard InChI is InChI=1S/C12H9FN4S/c13-9-1-2-11-10(3-9)17-12(18-11)16-6-8-4-14-7-15-5-8/h1-5,7H,6H2,(H,16,17). The Hall–Kier alpha value is -2.08. The molecule has 90 valence electrons. The second kappa shape index (κ2) is 4.66. The molecule has 0 aliphatic heterocycles. The van der Waals surface area contributed by atoms with Crippen LogP contribution >= 0.6 is 11.3 Å². The molecule has 3 aromatic rings. The van der Waals surface area contributed by atoms with E-state index in [2.05, 4.69) is 20.3 Å². The van der Waals surface area contributed by atoms with E-state index in [-0.39, 0.29) is 5.82 Å². The number of nitrogens with zero attached hydrogens (tertiary/aromatic N) is 3. The molecule has 18 heavy (non-hydrogen) atoms. The molecule has 0 radical (unpaired) electrons. The molecule has 0 fully saturated rings. The molecule has 0 amide bonds. The Bertz CT molecular complexity index is 668. The van der Waals surface area contributed by atoms with E-state index >= 15 is 0 Å². The van der Waals surface area contributed by atoms with E-state index in [0.717, 1.165) is 15.4 Å². The first-order valence-corrected chi connectivity index (χ1v) is 6.17. The maximum atomic E-state index is 13.0. The number of aromatic nitrogens is 3. The van der Waals surface area contributed by atoms with Crippen LogP contribution in [-0.2, 0) is 6.54 Å². The van der Waals surface area contributed by atoms with Crippen LogP contribution in [-0.4, -0.2) is 15.0 Å². The highest BCUT2D eigenvalue weighted by atomic mass is 32.1. The predicted molar refractivity (Wildman–Crippen MR) is 68.9 cm³/mol. The van der Waals surface area contributed by atoms with Crippen LogP contribution < -0.4 is 5.32 Å². The molecular formula is C12H9FN4S. The van der Waals surface area contributed by atoms with Crippen molar-refractivity contribution in [2.45, 2.75) is 6.54 Å². The molecule has 0 aliphatic carbocycles. The Labute approximate surface area is 107 Å². The zero-order valence-corrected chi connectivity index (χ0v) is 10.1. The summed E-state index contributed by atoms with van der Waals surface area (Å²) in [6, 6.07) is 4.61. The third kappa shape index (κ3) is 2.28. The van der Waals surface area contributed by atoms with Gasteiger partial charge in [0, 0.05) is 30.6 Å². The fourth-order valence-corrected chi connectivity index (χ4v) is 2.42. The number of hydrogen-bond donors (Lipinski definition) is 1. The van der Waals surface area contributed by atoms with Gasteiger partial charge in [0.2, 0.25) is 0 Å². The molecule has 0 unspecified atom stereocenters. The number of anilines is 1. The third-order valence-electron chi connectivity index (χ3n) is 2.41. The molecule has 0 saturated heterocycles. The minimum Gasteiger partial charge on any atom is -0.357 e. The molecule has 0 spiro atoms. The highest BCUT2D eigenvalue weighted by Crippen LogP contribution is 2.26.